The van der Waals surface area contributed by atoms with Crippen molar-refractivity contribution < 1.29 is 4.39 Å². The minimum Gasteiger partial charge on any atom is -0.220 e. The predicted octanol–water partition coefficient (Wildman–Crippen LogP) is 2.65. The molecule has 0 unspecified atom stereocenters. The standard InChI is InChI=1S/C9H7FN2S/c1-6-11-9(12-13-6)7-3-2-4-8(10)5-7/h2-5H,1H3. The van der Waals surface area contributed by atoms with Gasteiger partial charge in [-0.3, -0.25) is 0 Å². The van der Waals surface area contributed by atoms with Gasteiger partial charge in [0, 0.05) is 5.56 Å². The van der Waals surface area contributed by atoms with Crippen LogP contribution in [0.5, 0.6) is 0 Å². The molecule has 0 spiro atoms. The van der Waals surface area contributed by atoms with Crippen LogP contribution in [-0.2, 0) is 0 Å². The molecule has 0 saturated heterocycles. The summed E-state index contributed by atoms with van der Waals surface area (Å²) in [7, 11) is 0. The highest BCUT2D eigenvalue weighted by molar-refractivity contribution is 7.05. The fourth-order valence-corrected chi connectivity index (χ4v) is 1.54. The summed E-state index contributed by atoms with van der Waals surface area (Å²) >= 11 is 1.32. The lowest BCUT2D eigenvalue weighted by Gasteiger charge is -1.93. The third kappa shape index (κ3) is 1.72. The maximum atomic E-state index is 12.8. The van der Waals surface area contributed by atoms with Gasteiger partial charge in [0.1, 0.15) is 10.8 Å². The van der Waals surface area contributed by atoms with Gasteiger partial charge in [-0.05, 0) is 30.6 Å². The van der Waals surface area contributed by atoms with Crippen LogP contribution in [0.4, 0.5) is 4.39 Å². The third-order valence-electron chi connectivity index (χ3n) is 1.61. The lowest BCUT2D eigenvalue weighted by atomic mass is 10.2. The molecule has 13 heavy (non-hydrogen) atoms. The Morgan fingerprint density at radius 3 is 2.85 bits per heavy atom. The maximum Gasteiger partial charge on any atom is 0.173 e. The zero-order valence-corrected chi connectivity index (χ0v) is 7.81. The molecule has 0 N–H and O–H groups in total. The van der Waals surface area contributed by atoms with E-state index < -0.39 is 0 Å². The summed E-state index contributed by atoms with van der Waals surface area (Å²) in [4.78, 5) is 4.16. The van der Waals surface area contributed by atoms with Crippen LogP contribution in [0.1, 0.15) is 5.01 Å². The van der Waals surface area contributed by atoms with Crippen LogP contribution in [0.3, 0.4) is 0 Å². The largest absolute Gasteiger partial charge is 0.220 e. The molecule has 0 aliphatic carbocycles. The Bertz CT molecular complexity index is 425. The number of aromatic nitrogens is 2. The molecule has 0 fully saturated rings. The Kier molecular flexibility index (Phi) is 2.06. The fraction of sp³-hybridized carbons (Fsp3) is 0.111. The number of rotatable bonds is 1. The lowest BCUT2D eigenvalue weighted by molar-refractivity contribution is 0.628. The first-order valence-electron chi connectivity index (χ1n) is 3.82. The molecule has 2 nitrogen and oxygen atoms in total. The molecule has 0 bridgehead atoms. The topological polar surface area (TPSA) is 25.8 Å². The molecule has 1 heterocycles. The first kappa shape index (κ1) is 8.31. The highest BCUT2D eigenvalue weighted by atomic mass is 32.1. The second-order valence-electron chi connectivity index (χ2n) is 2.65. The van der Waals surface area contributed by atoms with Gasteiger partial charge in [0.15, 0.2) is 5.82 Å². The van der Waals surface area contributed by atoms with Crippen molar-refractivity contribution in [3.8, 4) is 11.4 Å². The summed E-state index contributed by atoms with van der Waals surface area (Å²) in [6.45, 7) is 1.88. The van der Waals surface area contributed by atoms with E-state index in [2.05, 4.69) is 9.36 Å². The third-order valence-corrected chi connectivity index (χ3v) is 2.23. The molecule has 0 atom stereocenters. The average molecular weight is 194 g/mol. The van der Waals surface area contributed by atoms with Gasteiger partial charge in [0.25, 0.3) is 0 Å². The molecule has 1 aromatic carbocycles. The van der Waals surface area contributed by atoms with Crippen LogP contribution in [-0.4, -0.2) is 9.36 Å². The second kappa shape index (κ2) is 3.22. The smallest absolute Gasteiger partial charge is 0.173 e. The van der Waals surface area contributed by atoms with Gasteiger partial charge in [0.05, 0.1) is 0 Å². The van der Waals surface area contributed by atoms with Gasteiger partial charge in [-0.1, -0.05) is 12.1 Å². The summed E-state index contributed by atoms with van der Waals surface area (Å²) in [5.74, 6) is 0.340. The molecule has 0 saturated carbocycles. The monoisotopic (exact) mass is 194 g/mol. The Morgan fingerprint density at radius 2 is 2.23 bits per heavy atom. The molecular formula is C9H7FN2S. The molecule has 66 valence electrons. The van der Waals surface area contributed by atoms with E-state index in [1.165, 1.54) is 23.7 Å². The number of aryl methyl sites for hydroxylation is 1. The van der Waals surface area contributed by atoms with E-state index in [0.717, 1.165) is 10.6 Å². The van der Waals surface area contributed by atoms with E-state index in [0.29, 0.717) is 5.82 Å². The predicted molar refractivity (Wildman–Crippen MR) is 50.0 cm³/mol. The van der Waals surface area contributed by atoms with Crippen molar-refractivity contribution in [2.45, 2.75) is 6.92 Å². The van der Waals surface area contributed by atoms with Crippen molar-refractivity contribution in [3.63, 3.8) is 0 Å². The number of nitrogens with zero attached hydrogens (tertiary/aromatic N) is 2. The summed E-state index contributed by atoms with van der Waals surface area (Å²) in [5, 5.41) is 0.888. The fourth-order valence-electron chi connectivity index (χ4n) is 1.04. The van der Waals surface area contributed by atoms with Crippen LogP contribution in [0.2, 0.25) is 0 Å². The van der Waals surface area contributed by atoms with Crippen molar-refractivity contribution >= 4 is 11.5 Å². The Balaban J connectivity index is 2.46. The minimum atomic E-state index is -0.259. The van der Waals surface area contributed by atoms with Gasteiger partial charge in [-0.15, -0.1) is 0 Å². The molecule has 0 aliphatic rings. The maximum absolute atomic E-state index is 12.8. The first-order valence-corrected chi connectivity index (χ1v) is 4.59. The Hall–Kier alpha value is -1.29. The number of hydrogen-bond donors (Lipinski definition) is 0. The molecule has 4 heteroatoms. The van der Waals surface area contributed by atoms with E-state index >= 15 is 0 Å². The molecule has 0 amide bonds. The number of halogens is 1. The molecule has 0 radical (unpaired) electrons. The van der Waals surface area contributed by atoms with E-state index in [1.54, 1.807) is 12.1 Å². The quantitative estimate of drug-likeness (QED) is 0.697. The Labute approximate surface area is 79.2 Å². The normalized spacial score (nSPS) is 10.3. The zero-order chi connectivity index (χ0) is 9.26. The van der Waals surface area contributed by atoms with E-state index in [-0.39, 0.29) is 5.82 Å². The van der Waals surface area contributed by atoms with Gasteiger partial charge in [-0.2, -0.15) is 4.37 Å². The van der Waals surface area contributed by atoms with Crippen LogP contribution in [0, 0.1) is 12.7 Å². The van der Waals surface area contributed by atoms with Crippen molar-refractivity contribution in [3.05, 3.63) is 35.1 Å². The molecule has 0 aliphatic heterocycles. The number of benzene rings is 1. The van der Waals surface area contributed by atoms with Gasteiger partial charge in [0.2, 0.25) is 0 Å². The van der Waals surface area contributed by atoms with Gasteiger partial charge >= 0.3 is 0 Å². The van der Waals surface area contributed by atoms with Crippen LogP contribution in [0.25, 0.3) is 11.4 Å². The molecular weight excluding hydrogens is 187 g/mol. The Morgan fingerprint density at radius 1 is 1.38 bits per heavy atom. The molecule has 2 aromatic rings. The van der Waals surface area contributed by atoms with Gasteiger partial charge in [-0.25, -0.2) is 9.37 Å². The van der Waals surface area contributed by atoms with E-state index in [1.807, 2.05) is 6.92 Å². The van der Waals surface area contributed by atoms with Crippen LogP contribution in [0.15, 0.2) is 24.3 Å². The first-order chi connectivity index (χ1) is 6.25. The van der Waals surface area contributed by atoms with Crippen molar-refractivity contribution in [2.75, 3.05) is 0 Å². The summed E-state index contributed by atoms with van der Waals surface area (Å²) in [6, 6.07) is 6.29. The zero-order valence-electron chi connectivity index (χ0n) is 6.99. The van der Waals surface area contributed by atoms with Crippen LogP contribution >= 0.6 is 11.5 Å². The average Bonchev–Trinajstić information content (AvgIpc) is 2.52. The molecule has 2 rings (SSSR count). The second-order valence-corrected chi connectivity index (χ2v) is 3.60. The summed E-state index contributed by atoms with van der Waals surface area (Å²) in [6.07, 6.45) is 0. The van der Waals surface area contributed by atoms with Crippen molar-refractivity contribution in [2.24, 2.45) is 0 Å². The lowest BCUT2D eigenvalue weighted by Crippen LogP contribution is -1.81. The summed E-state index contributed by atoms with van der Waals surface area (Å²) < 4.78 is 16.9. The van der Waals surface area contributed by atoms with E-state index in [9.17, 15) is 4.39 Å². The van der Waals surface area contributed by atoms with E-state index in [4.69, 9.17) is 0 Å². The number of hydrogen-bond acceptors (Lipinski definition) is 3. The summed E-state index contributed by atoms with van der Waals surface area (Å²) in [5.41, 5.74) is 0.726. The highest BCUT2D eigenvalue weighted by Gasteiger charge is 2.03. The molecule has 1 aromatic heterocycles. The SMILES string of the molecule is Cc1nc(-c2cccc(F)c2)ns1. The van der Waals surface area contributed by atoms with Crippen molar-refractivity contribution in [1.29, 1.82) is 0 Å². The van der Waals surface area contributed by atoms with Crippen molar-refractivity contribution in [1.82, 2.24) is 9.36 Å². The van der Waals surface area contributed by atoms with Gasteiger partial charge < -0.3 is 0 Å². The minimum absolute atomic E-state index is 0.259. The van der Waals surface area contributed by atoms with Crippen LogP contribution < -0.4 is 0 Å². The highest BCUT2D eigenvalue weighted by Crippen LogP contribution is 2.18.